The molecule has 1 amide bonds. The zero-order valence-electron chi connectivity index (χ0n) is 17.2. The average Bonchev–Trinajstić information content (AvgIpc) is 3.26. The molecule has 9 nitrogen and oxygen atoms in total. The molecule has 0 aliphatic carbocycles. The standard InChI is InChI=1S/C20H22N4O5S2/c1-4-24(13-14-8-6-5-7-9-14)31(26,27)20-23-22-19(30-20)21-18(25)15-10-11-16(28-2)17(12-15)29-3/h5-12H,4,13H2,1-3H3,(H,21,22,25). The third-order valence-electron chi connectivity index (χ3n) is 4.39. The van der Waals surface area contributed by atoms with Gasteiger partial charge in [0.15, 0.2) is 11.5 Å². The monoisotopic (exact) mass is 462 g/mol. The summed E-state index contributed by atoms with van der Waals surface area (Å²) >= 11 is 0.795. The number of nitrogens with one attached hydrogen (secondary N) is 1. The van der Waals surface area contributed by atoms with Crippen LogP contribution in [0.3, 0.4) is 0 Å². The van der Waals surface area contributed by atoms with Crippen molar-refractivity contribution in [3.63, 3.8) is 0 Å². The third kappa shape index (κ3) is 5.19. The van der Waals surface area contributed by atoms with Gasteiger partial charge in [-0.2, -0.15) is 4.31 Å². The van der Waals surface area contributed by atoms with Gasteiger partial charge >= 0.3 is 0 Å². The number of hydrogen-bond donors (Lipinski definition) is 1. The molecule has 0 saturated carbocycles. The maximum absolute atomic E-state index is 13.0. The molecular formula is C20H22N4O5S2. The summed E-state index contributed by atoms with van der Waals surface area (Å²) in [6, 6.07) is 14.0. The number of hydrogen-bond acceptors (Lipinski definition) is 8. The highest BCUT2D eigenvalue weighted by atomic mass is 32.2. The summed E-state index contributed by atoms with van der Waals surface area (Å²) < 4.78 is 37.4. The van der Waals surface area contributed by atoms with Gasteiger partial charge in [-0.1, -0.05) is 48.6 Å². The fraction of sp³-hybridized carbons (Fsp3) is 0.250. The predicted molar refractivity (Wildman–Crippen MR) is 117 cm³/mol. The Morgan fingerprint density at radius 3 is 2.42 bits per heavy atom. The number of carbonyl (C=O) groups excluding carboxylic acids is 1. The maximum Gasteiger partial charge on any atom is 0.272 e. The van der Waals surface area contributed by atoms with E-state index >= 15 is 0 Å². The molecule has 1 aromatic heterocycles. The number of methoxy groups -OCH3 is 2. The van der Waals surface area contributed by atoms with Crippen molar-refractivity contribution in [2.24, 2.45) is 0 Å². The first-order valence-corrected chi connectivity index (χ1v) is 11.6. The van der Waals surface area contributed by atoms with E-state index in [2.05, 4.69) is 15.5 Å². The second-order valence-corrected chi connectivity index (χ2v) is 9.40. The summed E-state index contributed by atoms with van der Waals surface area (Å²) in [7, 11) is -0.891. The van der Waals surface area contributed by atoms with Crippen LogP contribution in [0.25, 0.3) is 0 Å². The largest absolute Gasteiger partial charge is 0.493 e. The molecule has 0 radical (unpaired) electrons. The lowest BCUT2D eigenvalue weighted by Gasteiger charge is -2.18. The molecule has 0 aliphatic heterocycles. The van der Waals surface area contributed by atoms with Crippen LogP contribution in [0.15, 0.2) is 52.9 Å². The van der Waals surface area contributed by atoms with E-state index in [0.717, 1.165) is 16.9 Å². The van der Waals surface area contributed by atoms with Gasteiger partial charge in [0, 0.05) is 18.7 Å². The highest BCUT2D eigenvalue weighted by Crippen LogP contribution is 2.29. The van der Waals surface area contributed by atoms with E-state index in [1.807, 2.05) is 30.3 Å². The summed E-state index contributed by atoms with van der Waals surface area (Å²) in [6.45, 7) is 2.23. The minimum atomic E-state index is -3.86. The molecule has 0 saturated heterocycles. The van der Waals surface area contributed by atoms with Gasteiger partial charge in [-0.05, 0) is 23.8 Å². The molecule has 0 aliphatic rings. The number of carbonyl (C=O) groups is 1. The number of sulfonamides is 1. The van der Waals surface area contributed by atoms with Crippen LogP contribution in [-0.2, 0) is 16.6 Å². The van der Waals surface area contributed by atoms with Crippen LogP contribution in [0.1, 0.15) is 22.8 Å². The van der Waals surface area contributed by atoms with Crippen molar-refractivity contribution in [1.82, 2.24) is 14.5 Å². The Morgan fingerprint density at radius 1 is 1.06 bits per heavy atom. The zero-order valence-corrected chi connectivity index (χ0v) is 18.9. The normalized spacial score (nSPS) is 11.4. The van der Waals surface area contributed by atoms with Crippen molar-refractivity contribution in [3.05, 3.63) is 59.7 Å². The van der Waals surface area contributed by atoms with E-state index < -0.39 is 15.9 Å². The van der Waals surface area contributed by atoms with Crippen LogP contribution < -0.4 is 14.8 Å². The summed E-state index contributed by atoms with van der Waals surface area (Å²) in [4.78, 5) is 12.5. The molecule has 1 heterocycles. The van der Waals surface area contributed by atoms with Crippen LogP contribution in [0.2, 0.25) is 0 Å². The fourth-order valence-corrected chi connectivity index (χ4v) is 5.25. The first kappa shape index (κ1) is 22.7. The molecule has 3 rings (SSSR count). The number of aromatic nitrogens is 2. The van der Waals surface area contributed by atoms with Gasteiger partial charge in [-0.25, -0.2) is 8.42 Å². The van der Waals surface area contributed by atoms with E-state index in [4.69, 9.17) is 9.47 Å². The average molecular weight is 463 g/mol. The highest BCUT2D eigenvalue weighted by molar-refractivity contribution is 7.91. The minimum Gasteiger partial charge on any atom is -0.493 e. The number of rotatable bonds is 9. The lowest BCUT2D eigenvalue weighted by atomic mass is 10.2. The molecule has 0 atom stereocenters. The molecule has 0 unspecified atom stereocenters. The quantitative estimate of drug-likeness (QED) is 0.487. The van der Waals surface area contributed by atoms with Crippen LogP contribution in [0.4, 0.5) is 5.13 Å². The van der Waals surface area contributed by atoms with Gasteiger partial charge in [0.2, 0.25) is 9.47 Å². The number of amides is 1. The summed E-state index contributed by atoms with van der Waals surface area (Å²) in [5.74, 6) is 0.411. The van der Waals surface area contributed by atoms with Crippen LogP contribution >= 0.6 is 11.3 Å². The maximum atomic E-state index is 13.0. The molecule has 11 heteroatoms. The van der Waals surface area contributed by atoms with E-state index in [0.29, 0.717) is 17.1 Å². The van der Waals surface area contributed by atoms with E-state index in [9.17, 15) is 13.2 Å². The lowest BCUT2D eigenvalue weighted by molar-refractivity contribution is 0.102. The van der Waals surface area contributed by atoms with Crippen molar-refractivity contribution in [1.29, 1.82) is 0 Å². The van der Waals surface area contributed by atoms with E-state index in [-0.39, 0.29) is 22.6 Å². The first-order chi connectivity index (χ1) is 14.9. The number of benzene rings is 2. The Balaban J connectivity index is 1.76. The van der Waals surface area contributed by atoms with Gasteiger partial charge in [0.25, 0.3) is 15.9 Å². The zero-order chi connectivity index (χ0) is 22.4. The Morgan fingerprint density at radius 2 is 1.77 bits per heavy atom. The number of anilines is 1. The molecule has 1 N–H and O–H groups in total. The van der Waals surface area contributed by atoms with Crippen LogP contribution in [0.5, 0.6) is 11.5 Å². The molecule has 3 aromatic rings. The smallest absolute Gasteiger partial charge is 0.272 e. The van der Waals surface area contributed by atoms with E-state index in [1.54, 1.807) is 19.1 Å². The van der Waals surface area contributed by atoms with Gasteiger partial charge in [0.05, 0.1) is 14.2 Å². The second kappa shape index (κ2) is 9.86. The Labute approximate surface area is 184 Å². The molecular weight excluding hydrogens is 440 g/mol. The molecule has 0 spiro atoms. The lowest BCUT2D eigenvalue weighted by Crippen LogP contribution is -2.30. The van der Waals surface area contributed by atoms with Crippen LogP contribution in [0, 0.1) is 0 Å². The molecule has 0 fully saturated rings. The van der Waals surface area contributed by atoms with Crippen molar-refractivity contribution < 1.29 is 22.7 Å². The van der Waals surface area contributed by atoms with Crippen molar-refractivity contribution in [3.8, 4) is 11.5 Å². The van der Waals surface area contributed by atoms with Gasteiger partial charge in [0.1, 0.15) is 0 Å². The highest BCUT2D eigenvalue weighted by Gasteiger charge is 2.28. The Bertz CT molecular complexity index is 1150. The molecule has 164 valence electrons. The van der Waals surface area contributed by atoms with Crippen molar-refractivity contribution >= 4 is 32.4 Å². The Hall–Kier alpha value is -3.02. The molecule has 31 heavy (non-hydrogen) atoms. The number of nitrogens with zero attached hydrogens (tertiary/aromatic N) is 3. The van der Waals surface area contributed by atoms with Gasteiger partial charge in [-0.15, -0.1) is 10.2 Å². The van der Waals surface area contributed by atoms with Crippen LogP contribution in [-0.4, -0.2) is 49.6 Å². The van der Waals surface area contributed by atoms with E-state index in [1.165, 1.54) is 24.6 Å². The van der Waals surface area contributed by atoms with Gasteiger partial charge < -0.3 is 9.47 Å². The minimum absolute atomic E-state index is 0.0779. The second-order valence-electron chi connectivity index (χ2n) is 6.31. The van der Waals surface area contributed by atoms with Crippen molar-refractivity contribution in [2.75, 3.05) is 26.1 Å². The summed E-state index contributed by atoms with van der Waals surface area (Å²) in [5, 5.41) is 10.3. The Kier molecular flexibility index (Phi) is 7.21. The molecule has 0 bridgehead atoms. The topological polar surface area (TPSA) is 111 Å². The fourth-order valence-electron chi connectivity index (χ4n) is 2.78. The molecule has 2 aromatic carbocycles. The van der Waals surface area contributed by atoms with Gasteiger partial charge in [-0.3, -0.25) is 10.1 Å². The SMILES string of the molecule is CCN(Cc1ccccc1)S(=O)(=O)c1nnc(NC(=O)c2ccc(OC)c(OC)c2)s1. The number of ether oxygens (including phenoxy) is 2. The first-order valence-electron chi connectivity index (χ1n) is 9.30. The summed E-state index contributed by atoms with van der Waals surface area (Å²) in [5.41, 5.74) is 1.16. The summed E-state index contributed by atoms with van der Waals surface area (Å²) in [6.07, 6.45) is 0. The third-order valence-corrected chi connectivity index (χ3v) is 7.49. The predicted octanol–water partition coefficient (Wildman–Crippen LogP) is 3.02. The van der Waals surface area contributed by atoms with Crippen molar-refractivity contribution in [2.45, 2.75) is 17.8 Å².